The zero-order valence-corrected chi connectivity index (χ0v) is 14.7. The largest absolute Gasteiger partial charge is 0.494 e. The number of anilines is 1. The Morgan fingerprint density at radius 1 is 1.12 bits per heavy atom. The summed E-state index contributed by atoms with van der Waals surface area (Å²) < 4.78 is 5.52. The maximum Gasteiger partial charge on any atom is 0.226 e. The molecule has 1 aliphatic heterocycles. The van der Waals surface area contributed by atoms with Crippen molar-refractivity contribution in [2.24, 2.45) is 5.73 Å². The maximum absolute atomic E-state index is 10.9. The number of hydrogen-bond acceptors (Lipinski definition) is 3. The van der Waals surface area contributed by atoms with Crippen LogP contribution >= 0.6 is 0 Å². The Hall–Kier alpha value is -2.49. The first-order chi connectivity index (χ1) is 12.2. The molecular weight excluding hydrogens is 312 g/mol. The Balaban J connectivity index is 1.57. The van der Waals surface area contributed by atoms with Gasteiger partial charge in [0.15, 0.2) is 0 Å². The minimum absolute atomic E-state index is 0.413. The molecule has 1 heterocycles. The molecule has 0 bridgehead atoms. The minimum Gasteiger partial charge on any atom is -0.494 e. The van der Waals surface area contributed by atoms with E-state index in [2.05, 4.69) is 41.3 Å². The van der Waals surface area contributed by atoms with Crippen molar-refractivity contribution in [2.75, 3.05) is 24.6 Å². The molecule has 2 N–H and O–H groups in total. The molecule has 1 aliphatic rings. The molecule has 2 aromatic carbocycles. The molecule has 0 unspecified atom stereocenters. The molecule has 2 aromatic rings. The number of amides is 1. The van der Waals surface area contributed by atoms with E-state index < -0.39 is 5.91 Å². The van der Waals surface area contributed by atoms with Crippen molar-refractivity contribution in [3.63, 3.8) is 0 Å². The highest BCUT2D eigenvalue weighted by Crippen LogP contribution is 2.31. The number of primary amides is 1. The summed E-state index contributed by atoms with van der Waals surface area (Å²) in [6, 6.07) is 16.5. The monoisotopic (exact) mass is 337 g/mol. The first-order valence-corrected chi connectivity index (χ1v) is 8.87. The quantitative estimate of drug-likeness (QED) is 0.877. The van der Waals surface area contributed by atoms with Gasteiger partial charge in [0.05, 0.1) is 13.0 Å². The molecule has 131 valence electrons. The molecule has 0 aromatic heterocycles. The second-order valence-electron chi connectivity index (χ2n) is 6.40. The van der Waals surface area contributed by atoms with Crippen LogP contribution in [0.15, 0.2) is 48.5 Å². The van der Waals surface area contributed by atoms with Crippen molar-refractivity contribution in [1.29, 1.82) is 0 Å². The average molecular weight is 337 g/mol. The number of carbonyl (C=O) groups excluding carboxylic acids is 1. The third kappa shape index (κ3) is 4.53. The van der Waals surface area contributed by atoms with Gasteiger partial charge in [-0.1, -0.05) is 24.3 Å². The number of nitrogens with two attached hydrogens (primary N) is 1. The average Bonchev–Trinajstić information content (AvgIpc) is 2.63. The van der Waals surface area contributed by atoms with Crippen molar-refractivity contribution < 1.29 is 9.53 Å². The third-order valence-corrected chi connectivity index (χ3v) is 4.72. The maximum atomic E-state index is 10.9. The number of ether oxygens (including phenoxy) is 1. The van der Waals surface area contributed by atoms with Gasteiger partial charge in [-0.15, -0.1) is 0 Å². The molecule has 0 atom stereocenters. The third-order valence-electron chi connectivity index (χ3n) is 4.72. The van der Waals surface area contributed by atoms with Crippen LogP contribution in [0.25, 0.3) is 0 Å². The van der Waals surface area contributed by atoms with Crippen LogP contribution in [-0.4, -0.2) is 25.6 Å². The van der Waals surface area contributed by atoms with Gasteiger partial charge in [0.25, 0.3) is 0 Å². The van der Waals surface area contributed by atoms with E-state index in [1.165, 1.54) is 17.7 Å². The summed E-state index contributed by atoms with van der Waals surface area (Å²) in [5.74, 6) is 1.13. The fourth-order valence-corrected chi connectivity index (χ4v) is 3.42. The molecule has 1 amide bonds. The fourth-order valence-electron chi connectivity index (χ4n) is 3.42. The van der Waals surface area contributed by atoms with E-state index in [0.717, 1.165) is 37.2 Å². The first-order valence-electron chi connectivity index (χ1n) is 8.87. The number of piperidine rings is 1. The van der Waals surface area contributed by atoms with E-state index >= 15 is 0 Å². The van der Waals surface area contributed by atoms with Gasteiger partial charge in [-0.05, 0) is 61.1 Å². The number of rotatable bonds is 6. The predicted octanol–water partition coefficient (Wildman–Crippen LogP) is 3.51. The van der Waals surface area contributed by atoms with Crippen LogP contribution < -0.4 is 15.4 Å². The molecule has 25 heavy (non-hydrogen) atoms. The molecule has 3 rings (SSSR count). The molecular formula is C21H25N2O2. The minimum atomic E-state index is -0.413. The van der Waals surface area contributed by atoms with Crippen LogP contribution in [0.5, 0.6) is 5.75 Å². The summed E-state index contributed by atoms with van der Waals surface area (Å²) in [4.78, 5) is 13.3. The van der Waals surface area contributed by atoms with Gasteiger partial charge in [0, 0.05) is 18.8 Å². The second kappa shape index (κ2) is 8.06. The standard InChI is InChI=1S/C21H25N2O2/c1-2-25-20-9-5-17(6-10-20)18-11-13-23(14-12-18)19-7-3-16(4-8-19)15-21(22)24/h3-10,15,18H,2,11-14H2,1H3,(H2,22,24). The van der Waals surface area contributed by atoms with Gasteiger partial charge in [-0.2, -0.15) is 0 Å². The number of hydrogen-bond donors (Lipinski definition) is 1. The zero-order valence-electron chi connectivity index (χ0n) is 14.7. The van der Waals surface area contributed by atoms with Crippen LogP contribution in [0.3, 0.4) is 0 Å². The van der Waals surface area contributed by atoms with Crippen molar-refractivity contribution in [2.45, 2.75) is 25.7 Å². The Morgan fingerprint density at radius 3 is 2.32 bits per heavy atom. The van der Waals surface area contributed by atoms with Crippen LogP contribution in [-0.2, 0) is 4.79 Å². The lowest BCUT2D eigenvalue weighted by Gasteiger charge is -2.34. The van der Waals surface area contributed by atoms with Crippen LogP contribution in [0.1, 0.15) is 36.8 Å². The lowest BCUT2D eigenvalue weighted by atomic mass is 9.89. The van der Waals surface area contributed by atoms with E-state index in [1.807, 2.05) is 19.1 Å². The fraction of sp³-hybridized carbons (Fsp3) is 0.333. The summed E-state index contributed by atoms with van der Waals surface area (Å²) in [5, 5.41) is 0. The molecule has 1 fully saturated rings. The van der Waals surface area contributed by atoms with E-state index in [4.69, 9.17) is 10.5 Å². The van der Waals surface area contributed by atoms with Crippen molar-refractivity contribution in [1.82, 2.24) is 0 Å². The molecule has 4 heteroatoms. The van der Waals surface area contributed by atoms with Gasteiger partial charge in [-0.25, -0.2) is 0 Å². The number of nitrogens with zero attached hydrogens (tertiary/aromatic N) is 1. The Kier molecular flexibility index (Phi) is 5.59. The van der Waals surface area contributed by atoms with Gasteiger partial charge in [-0.3, -0.25) is 4.79 Å². The Labute approximate surface area is 149 Å². The number of benzene rings is 2. The van der Waals surface area contributed by atoms with Crippen molar-refractivity contribution in [3.8, 4) is 5.75 Å². The normalized spacial score (nSPS) is 15.2. The predicted molar refractivity (Wildman–Crippen MR) is 101 cm³/mol. The van der Waals surface area contributed by atoms with Gasteiger partial charge in [0.2, 0.25) is 5.91 Å². The second-order valence-corrected chi connectivity index (χ2v) is 6.40. The zero-order chi connectivity index (χ0) is 17.6. The summed E-state index contributed by atoms with van der Waals surface area (Å²) in [5.41, 5.74) is 8.64. The van der Waals surface area contributed by atoms with Gasteiger partial charge < -0.3 is 15.4 Å². The van der Waals surface area contributed by atoms with Gasteiger partial charge >= 0.3 is 0 Å². The summed E-state index contributed by atoms with van der Waals surface area (Å²) in [6.07, 6.45) is 3.73. The SMILES string of the molecule is CCOc1ccc(C2CCN(c3ccc([CH]C(N)=O)cc3)CC2)cc1. The Morgan fingerprint density at radius 2 is 1.76 bits per heavy atom. The van der Waals surface area contributed by atoms with Crippen molar-refractivity contribution in [3.05, 3.63) is 66.1 Å². The van der Waals surface area contributed by atoms with Crippen LogP contribution in [0, 0.1) is 6.42 Å². The number of carbonyl (C=O) groups is 1. The summed E-state index contributed by atoms with van der Waals surface area (Å²) >= 11 is 0. The summed E-state index contributed by atoms with van der Waals surface area (Å²) in [6.45, 7) is 4.78. The van der Waals surface area contributed by atoms with Crippen LogP contribution in [0.2, 0.25) is 0 Å². The highest BCUT2D eigenvalue weighted by atomic mass is 16.5. The molecule has 1 saturated heterocycles. The van der Waals surface area contributed by atoms with Crippen LogP contribution in [0.4, 0.5) is 5.69 Å². The smallest absolute Gasteiger partial charge is 0.226 e. The highest BCUT2D eigenvalue weighted by molar-refractivity contribution is 5.86. The van der Waals surface area contributed by atoms with E-state index in [-0.39, 0.29) is 0 Å². The lowest BCUT2D eigenvalue weighted by Crippen LogP contribution is -2.32. The molecule has 4 nitrogen and oxygen atoms in total. The summed E-state index contributed by atoms with van der Waals surface area (Å²) in [7, 11) is 0. The van der Waals surface area contributed by atoms with E-state index in [9.17, 15) is 4.79 Å². The van der Waals surface area contributed by atoms with Crippen molar-refractivity contribution >= 4 is 11.6 Å². The molecule has 1 radical (unpaired) electrons. The molecule has 0 spiro atoms. The topological polar surface area (TPSA) is 55.6 Å². The van der Waals surface area contributed by atoms with Gasteiger partial charge in [0.1, 0.15) is 5.75 Å². The molecule has 0 saturated carbocycles. The highest BCUT2D eigenvalue weighted by Gasteiger charge is 2.20. The van der Waals surface area contributed by atoms with E-state index in [0.29, 0.717) is 12.5 Å². The Bertz CT molecular complexity index is 687. The molecule has 0 aliphatic carbocycles. The first kappa shape index (κ1) is 17.3. The van der Waals surface area contributed by atoms with E-state index in [1.54, 1.807) is 0 Å². The lowest BCUT2D eigenvalue weighted by molar-refractivity contribution is -0.114.